The Hall–Kier alpha value is -2.28. The Morgan fingerprint density at radius 1 is 1.34 bits per heavy atom. The van der Waals surface area contributed by atoms with Gasteiger partial charge < -0.3 is 4.74 Å². The van der Waals surface area contributed by atoms with Crippen LogP contribution < -0.4 is 5.56 Å². The van der Waals surface area contributed by atoms with Gasteiger partial charge in [-0.15, -0.1) is 11.3 Å². The molecule has 0 saturated carbocycles. The van der Waals surface area contributed by atoms with E-state index in [0.717, 1.165) is 39.9 Å². The van der Waals surface area contributed by atoms with Gasteiger partial charge in [-0.25, -0.2) is 9.97 Å². The molecule has 1 atom stereocenters. The fourth-order valence-corrected chi connectivity index (χ4v) is 5.03. The van der Waals surface area contributed by atoms with E-state index in [1.165, 1.54) is 11.3 Å². The summed E-state index contributed by atoms with van der Waals surface area (Å²) in [5, 5.41) is 1.57. The van der Waals surface area contributed by atoms with Crippen LogP contribution in [0.4, 0.5) is 0 Å². The molecule has 1 unspecified atom stereocenters. The summed E-state index contributed by atoms with van der Waals surface area (Å²) in [5.41, 5.74) is 3.52. The van der Waals surface area contributed by atoms with Gasteiger partial charge in [0.05, 0.1) is 36.3 Å². The molecule has 0 saturated heterocycles. The SMILES string of the molecule is CCC1(C)Cc2nc3sc4c(=O)n(Cc5ccccc5Cl)cnc4c3cc2CO1. The van der Waals surface area contributed by atoms with E-state index in [0.29, 0.717) is 28.4 Å². The summed E-state index contributed by atoms with van der Waals surface area (Å²) in [7, 11) is 0. The zero-order valence-corrected chi connectivity index (χ0v) is 17.8. The molecule has 0 radical (unpaired) electrons. The number of rotatable bonds is 3. The Labute approximate surface area is 176 Å². The Kier molecular flexibility index (Phi) is 4.46. The summed E-state index contributed by atoms with van der Waals surface area (Å²) in [6, 6.07) is 9.63. The predicted octanol–water partition coefficient (Wildman–Crippen LogP) is 4.95. The molecule has 4 heterocycles. The first-order chi connectivity index (χ1) is 14.0. The molecule has 0 bridgehead atoms. The van der Waals surface area contributed by atoms with Crippen LogP contribution in [0.5, 0.6) is 0 Å². The molecule has 148 valence electrons. The zero-order chi connectivity index (χ0) is 20.2. The van der Waals surface area contributed by atoms with E-state index >= 15 is 0 Å². The first-order valence-electron chi connectivity index (χ1n) is 9.65. The highest BCUT2D eigenvalue weighted by molar-refractivity contribution is 7.25. The Morgan fingerprint density at radius 3 is 2.97 bits per heavy atom. The van der Waals surface area contributed by atoms with Crippen molar-refractivity contribution in [1.82, 2.24) is 14.5 Å². The second-order valence-electron chi connectivity index (χ2n) is 7.76. The summed E-state index contributed by atoms with van der Waals surface area (Å²) in [5.74, 6) is 0. The first kappa shape index (κ1) is 18.7. The summed E-state index contributed by atoms with van der Waals surface area (Å²) in [6.07, 6.45) is 3.32. The molecule has 0 amide bonds. The number of hydrogen-bond donors (Lipinski definition) is 0. The molecule has 4 aromatic rings. The van der Waals surface area contributed by atoms with Crippen molar-refractivity contribution >= 4 is 43.4 Å². The largest absolute Gasteiger partial charge is 0.370 e. The highest BCUT2D eigenvalue weighted by atomic mass is 35.5. The molecule has 0 aliphatic carbocycles. The van der Waals surface area contributed by atoms with E-state index in [1.54, 1.807) is 10.9 Å². The predicted molar refractivity (Wildman–Crippen MR) is 117 cm³/mol. The van der Waals surface area contributed by atoms with Gasteiger partial charge in [0.15, 0.2) is 0 Å². The van der Waals surface area contributed by atoms with Crippen molar-refractivity contribution in [2.45, 2.75) is 45.4 Å². The fraction of sp³-hybridized carbons (Fsp3) is 0.318. The van der Waals surface area contributed by atoms with E-state index in [1.807, 2.05) is 24.3 Å². The number of ether oxygens (including phenoxy) is 1. The van der Waals surface area contributed by atoms with Crippen LogP contribution in [0.15, 0.2) is 41.5 Å². The van der Waals surface area contributed by atoms with Gasteiger partial charge in [-0.1, -0.05) is 36.7 Å². The maximum absolute atomic E-state index is 13.1. The minimum Gasteiger partial charge on any atom is -0.370 e. The van der Waals surface area contributed by atoms with E-state index in [-0.39, 0.29) is 11.2 Å². The Balaban J connectivity index is 1.62. The second kappa shape index (κ2) is 6.90. The number of halogens is 1. The van der Waals surface area contributed by atoms with Crippen LogP contribution in [-0.4, -0.2) is 20.1 Å². The van der Waals surface area contributed by atoms with E-state index in [9.17, 15) is 4.79 Å². The molecule has 3 aromatic heterocycles. The number of nitrogens with zero attached hydrogens (tertiary/aromatic N) is 3. The standard InChI is InChI=1S/C22H20ClN3O2S/c1-3-22(2)9-17-14(11-28-22)8-15-18-19(29-20(15)25-17)21(27)26(12-24-18)10-13-6-4-5-7-16(13)23/h4-8,12H,3,9-11H2,1-2H3. The van der Waals surface area contributed by atoms with Gasteiger partial charge in [-0.2, -0.15) is 0 Å². The molecule has 1 aliphatic rings. The molecule has 29 heavy (non-hydrogen) atoms. The van der Waals surface area contributed by atoms with Crippen molar-refractivity contribution in [3.05, 3.63) is 68.9 Å². The first-order valence-corrected chi connectivity index (χ1v) is 10.8. The third-order valence-electron chi connectivity index (χ3n) is 5.77. The average Bonchev–Trinajstić information content (AvgIpc) is 3.08. The summed E-state index contributed by atoms with van der Waals surface area (Å²) < 4.78 is 8.30. The third-order valence-corrected chi connectivity index (χ3v) is 7.22. The van der Waals surface area contributed by atoms with Gasteiger partial charge in [-0.3, -0.25) is 9.36 Å². The molecule has 5 rings (SSSR count). The van der Waals surface area contributed by atoms with Crippen LogP contribution >= 0.6 is 22.9 Å². The highest BCUT2D eigenvalue weighted by Gasteiger charge is 2.31. The number of thiophene rings is 1. The van der Waals surface area contributed by atoms with Crippen LogP contribution in [-0.2, 0) is 24.3 Å². The van der Waals surface area contributed by atoms with Crippen LogP contribution in [0.2, 0.25) is 5.02 Å². The molecule has 1 aromatic carbocycles. The van der Waals surface area contributed by atoms with Gasteiger partial charge in [0.2, 0.25) is 0 Å². The summed E-state index contributed by atoms with van der Waals surface area (Å²) in [4.78, 5) is 23.5. The Bertz CT molecular complexity index is 1310. The summed E-state index contributed by atoms with van der Waals surface area (Å²) in [6.45, 7) is 5.20. The Morgan fingerprint density at radius 2 is 2.17 bits per heavy atom. The molecule has 0 fully saturated rings. The second-order valence-corrected chi connectivity index (χ2v) is 9.17. The molecule has 1 aliphatic heterocycles. The lowest BCUT2D eigenvalue weighted by Gasteiger charge is -2.33. The number of aromatic nitrogens is 3. The van der Waals surface area contributed by atoms with Gasteiger partial charge in [0, 0.05) is 22.4 Å². The van der Waals surface area contributed by atoms with Crippen molar-refractivity contribution in [3.8, 4) is 0 Å². The minimum absolute atomic E-state index is 0.0643. The smallest absolute Gasteiger partial charge is 0.271 e. The number of benzene rings is 1. The lowest BCUT2D eigenvalue weighted by molar-refractivity contribution is -0.0573. The quantitative estimate of drug-likeness (QED) is 0.466. The molecular weight excluding hydrogens is 406 g/mol. The molecule has 0 spiro atoms. The minimum atomic E-state index is -0.176. The fourth-order valence-electron chi connectivity index (χ4n) is 3.76. The van der Waals surface area contributed by atoms with Gasteiger partial charge >= 0.3 is 0 Å². The van der Waals surface area contributed by atoms with Crippen LogP contribution in [0.25, 0.3) is 20.4 Å². The lowest BCUT2D eigenvalue weighted by atomic mass is 9.91. The molecular formula is C22H20ClN3O2S. The maximum Gasteiger partial charge on any atom is 0.271 e. The highest BCUT2D eigenvalue weighted by Crippen LogP contribution is 2.35. The van der Waals surface area contributed by atoms with E-state index in [2.05, 4.69) is 24.9 Å². The zero-order valence-electron chi connectivity index (χ0n) is 16.2. The van der Waals surface area contributed by atoms with Crippen LogP contribution in [0.3, 0.4) is 0 Å². The molecule has 7 heteroatoms. The topological polar surface area (TPSA) is 57.0 Å². The average molecular weight is 426 g/mol. The number of hydrogen-bond acceptors (Lipinski definition) is 5. The number of pyridine rings is 1. The van der Waals surface area contributed by atoms with E-state index in [4.69, 9.17) is 21.3 Å². The van der Waals surface area contributed by atoms with Crippen LogP contribution in [0, 0.1) is 0 Å². The van der Waals surface area contributed by atoms with Crippen molar-refractivity contribution in [1.29, 1.82) is 0 Å². The monoisotopic (exact) mass is 425 g/mol. The third kappa shape index (κ3) is 3.16. The van der Waals surface area contributed by atoms with Crippen LogP contribution in [0.1, 0.15) is 37.1 Å². The van der Waals surface area contributed by atoms with Gasteiger partial charge in [-0.05, 0) is 31.0 Å². The maximum atomic E-state index is 13.1. The van der Waals surface area contributed by atoms with Crippen molar-refractivity contribution in [2.75, 3.05) is 0 Å². The lowest BCUT2D eigenvalue weighted by Crippen LogP contribution is -2.35. The van der Waals surface area contributed by atoms with Gasteiger partial charge in [0.25, 0.3) is 5.56 Å². The molecule has 0 N–H and O–H groups in total. The normalized spacial score (nSPS) is 19.0. The van der Waals surface area contributed by atoms with Crippen molar-refractivity contribution < 1.29 is 4.74 Å². The van der Waals surface area contributed by atoms with E-state index < -0.39 is 0 Å². The van der Waals surface area contributed by atoms with Crippen molar-refractivity contribution in [3.63, 3.8) is 0 Å². The summed E-state index contributed by atoms with van der Waals surface area (Å²) >= 11 is 7.68. The van der Waals surface area contributed by atoms with Gasteiger partial charge in [0.1, 0.15) is 9.53 Å². The number of fused-ring (bicyclic) bond motifs is 4. The molecule has 5 nitrogen and oxygen atoms in total. The van der Waals surface area contributed by atoms with Crippen molar-refractivity contribution in [2.24, 2.45) is 0 Å².